The van der Waals surface area contributed by atoms with Crippen LogP contribution in [0.3, 0.4) is 0 Å². The molecule has 0 spiro atoms. The summed E-state index contributed by atoms with van der Waals surface area (Å²) >= 11 is 0. The first-order valence-electron chi connectivity index (χ1n) is 9.75. The smallest absolute Gasteiger partial charge is 0.419 e. The van der Waals surface area contributed by atoms with Crippen molar-refractivity contribution < 1.29 is 27.8 Å². The van der Waals surface area contributed by atoms with Gasteiger partial charge in [0.25, 0.3) is 5.56 Å². The van der Waals surface area contributed by atoms with Gasteiger partial charge in [-0.2, -0.15) is 13.2 Å². The van der Waals surface area contributed by atoms with E-state index >= 15 is 0 Å². The van der Waals surface area contributed by atoms with E-state index < -0.39 is 47.3 Å². The summed E-state index contributed by atoms with van der Waals surface area (Å²) in [6, 6.07) is 6.36. The average Bonchev–Trinajstić information content (AvgIpc) is 2.72. The van der Waals surface area contributed by atoms with E-state index in [4.69, 9.17) is 0 Å². The number of rotatable bonds is 3. The van der Waals surface area contributed by atoms with Gasteiger partial charge in [0.1, 0.15) is 0 Å². The third-order valence-corrected chi connectivity index (χ3v) is 6.05. The van der Waals surface area contributed by atoms with Crippen LogP contribution in [0.2, 0.25) is 0 Å². The molecule has 0 amide bonds. The molecule has 5 nitrogen and oxygen atoms in total. The lowest BCUT2D eigenvalue weighted by molar-refractivity contribution is -0.272. The van der Waals surface area contributed by atoms with Crippen LogP contribution in [0.5, 0.6) is 5.75 Å². The summed E-state index contributed by atoms with van der Waals surface area (Å²) in [4.78, 5) is 14.6. The van der Waals surface area contributed by atoms with Crippen LogP contribution in [0.15, 0.2) is 47.4 Å². The van der Waals surface area contributed by atoms with Crippen molar-refractivity contribution in [1.82, 2.24) is 4.98 Å². The molecular weight excluding hydrogens is 416 g/mol. The molecule has 0 saturated carbocycles. The predicted octanol–water partition coefficient (Wildman–Crippen LogP) is 4.72. The van der Waals surface area contributed by atoms with Crippen molar-refractivity contribution in [2.24, 2.45) is 0 Å². The number of pyridine rings is 1. The lowest BCUT2D eigenvalue weighted by Gasteiger charge is -2.45. The van der Waals surface area contributed by atoms with Crippen LogP contribution in [0, 0.1) is 5.82 Å². The summed E-state index contributed by atoms with van der Waals surface area (Å²) in [6.07, 6.45) is -4.23. The van der Waals surface area contributed by atoms with Gasteiger partial charge in [-0.05, 0) is 48.6 Å². The third kappa shape index (κ3) is 3.23. The molecule has 4 rings (SSSR count). The van der Waals surface area contributed by atoms with E-state index in [2.05, 4.69) is 10.3 Å². The second-order valence-corrected chi connectivity index (χ2v) is 7.78. The molecule has 4 N–H and O–H groups in total. The molecule has 1 aliphatic rings. The topological polar surface area (TPSA) is 85.4 Å². The molecule has 3 aromatic rings. The Balaban J connectivity index is 1.95. The van der Waals surface area contributed by atoms with Crippen molar-refractivity contribution in [1.29, 1.82) is 0 Å². The van der Waals surface area contributed by atoms with Gasteiger partial charge in [0.05, 0.1) is 6.04 Å². The van der Waals surface area contributed by atoms with Crippen molar-refractivity contribution in [2.75, 3.05) is 5.32 Å². The molecule has 0 unspecified atom stereocenters. The van der Waals surface area contributed by atoms with Crippen molar-refractivity contribution in [2.45, 2.75) is 43.5 Å². The number of aliphatic hydroxyl groups is 1. The zero-order valence-electron chi connectivity index (χ0n) is 16.4. The number of fused-ring (bicyclic) bond motifs is 2. The molecule has 0 fully saturated rings. The average molecular weight is 436 g/mol. The van der Waals surface area contributed by atoms with Gasteiger partial charge in [0.15, 0.2) is 17.2 Å². The first-order valence-corrected chi connectivity index (χ1v) is 9.75. The summed E-state index contributed by atoms with van der Waals surface area (Å²) < 4.78 is 56.5. The number of phenolic OH excluding ortho intramolecular Hbond substituents is 1. The van der Waals surface area contributed by atoms with E-state index in [1.165, 1.54) is 30.5 Å². The Morgan fingerprint density at radius 2 is 1.94 bits per heavy atom. The van der Waals surface area contributed by atoms with E-state index in [9.17, 15) is 32.6 Å². The van der Waals surface area contributed by atoms with Gasteiger partial charge in [-0.25, -0.2) is 4.39 Å². The molecule has 31 heavy (non-hydrogen) atoms. The summed E-state index contributed by atoms with van der Waals surface area (Å²) in [7, 11) is 0. The number of aromatic nitrogens is 1. The number of halogens is 4. The largest absolute Gasteiger partial charge is 0.505 e. The van der Waals surface area contributed by atoms with Crippen LogP contribution in [-0.4, -0.2) is 27.0 Å². The molecule has 164 valence electrons. The monoisotopic (exact) mass is 436 g/mol. The zero-order valence-corrected chi connectivity index (χ0v) is 16.4. The normalized spacial score (nSPS) is 23.5. The summed E-state index contributed by atoms with van der Waals surface area (Å²) in [5.74, 6) is -2.55. The zero-order chi connectivity index (χ0) is 22.6. The molecule has 0 saturated heterocycles. The Labute approximate surface area is 174 Å². The van der Waals surface area contributed by atoms with Crippen LogP contribution in [-0.2, 0) is 0 Å². The fraction of sp³-hybridized carbons (Fsp3) is 0.318. The van der Waals surface area contributed by atoms with E-state index in [1.54, 1.807) is 6.92 Å². The van der Waals surface area contributed by atoms with Crippen LogP contribution < -0.4 is 10.9 Å². The van der Waals surface area contributed by atoms with Crippen LogP contribution in [0.4, 0.5) is 23.2 Å². The Kier molecular flexibility index (Phi) is 4.96. The molecule has 1 heterocycles. The Morgan fingerprint density at radius 1 is 1.19 bits per heavy atom. The lowest BCUT2D eigenvalue weighted by Crippen LogP contribution is -2.55. The minimum atomic E-state index is -5.01. The number of anilines is 1. The van der Waals surface area contributed by atoms with Gasteiger partial charge in [-0.15, -0.1) is 0 Å². The first-order chi connectivity index (χ1) is 14.6. The molecule has 0 aliphatic heterocycles. The van der Waals surface area contributed by atoms with E-state index in [0.29, 0.717) is 5.39 Å². The van der Waals surface area contributed by atoms with Gasteiger partial charge in [0, 0.05) is 28.2 Å². The van der Waals surface area contributed by atoms with Crippen molar-refractivity contribution in [3.05, 3.63) is 69.9 Å². The quantitative estimate of drug-likeness (QED) is 0.448. The number of phenols is 1. The van der Waals surface area contributed by atoms with Crippen molar-refractivity contribution in [3.63, 3.8) is 0 Å². The minimum Gasteiger partial charge on any atom is -0.505 e. The predicted molar refractivity (Wildman–Crippen MR) is 108 cm³/mol. The number of aromatic hydroxyl groups is 1. The van der Waals surface area contributed by atoms with Gasteiger partial charge in [-0.1, -0.05) is 19.1 Å². The maximum atomic E-state index is 14.2. The summed E-state index contributed by atoms with van der Waals surface area (Å²) in [5.41, 5.74) is -3.40. The maximum absolute atomic E-state index is 14.2. The highest BCUT2D eigenvalue weighted by Crippen LogP contribution is 2.55. The molecule has 3 atom stereocenters. The van der Waals surface area contributed by atoms with Crippen LogP contribution >= 0.6 is 0 Å². The summed E-state index contributed by atoms with van der Waals surface area (Å²) in [5, 5.41) is 24.6. The van der Waals surface area contributed by atoms with Gasteiger partial charge in [-0.3, -0.25) is 4.79 Å². The molecule has 2 aromatic carbocycles. The van der Waals surface area contributed by atoms with E-state index in [0.717, 1.165) is 12.1 Å². The van der Waals surface area contributed by atoms with Gasteiger partial charge in [0.2, 0.25) is 0 Å². The number of nitrogens with one attached hydrogen (secondary N) is 2. The van der Waals surface area contributed by atoms with E-state index in [-0.39, 0.29) is 28.6 Å². The number of H-pyrrole nitrogens is 1. The number of alkyl halides is 3. The highest BCUT2D eigenvalue weighted by atomic mass is 19.4. The fourth-order valence-corrected chi connectivity index (χ4v) is 4.46. The third-order valence-electron chi connectivity index (χ3n) is 6.05. The molecule has 1 aromatic heterocycles. The Morgan fingerprint density at radius 3 is 2.61 bits per heavy atom. The molecule has 9 heteroatoms. The molecular formula is C22H20F4N2O3. The lowest BCUT2D eigenvalue weighted by atomic mass is 9.69. The Hall–Kier alpha value is -3.07. The van der Waals surface area contributed by atoms with E-state index in [1.807, 2.05) is 0 Å². The van der Waals surface area contributed by atoms with Crippen LogP contribution in [0.1, 0.15) is 42.9 Å². The highest BCUT2D eigenvalue weighted by Gasteiger charge is 2.62. The number of hydrogen-bond acceptors (Lipinski definition) is 4. The number of benzene rings is 2. The molecule has 1 aliphatic carbocycles. The standard InChI is InChI=1S/C22H20F4N2O3/c1-2-11-10-21(31,22(24,25)26)19(14-6-7-15(23)18(29)17(11)14)28-16-5-3-4-13-12(16)8-9-27-20(13)30/h3-9,11,19,28-29,31H,2,10H2,1H3,(H,27,30)/t11-,19-,21+/m0/s1. The second kappa shape index (κ2) is 7.26. The minimum absolute atomic E-state index is 0.0429. The first kappa shape index (κ1) is 21.2. The fourth-order valence-electron chi connectivity index (χ4n) is 4.46. The van der Waals surface area contributed by atoms with Crippen molar-refractivity contribution in [3.8, 4) is 5.75 Å². The van der Waals surface area contributed by atoms with Gasteiger partial charge >= 0.3 is 6.18 Å². The van der Waals surface area contributed by atoms with Crippen LogP contribution in [0.25, 0.3) is 10.8 Å². The number of aromatic amines is 1. The highest BCUT2D eigenvalue weighted by molar-refractivity contribution is 5.93. The SMILES string of the molecule is CC[C@H]1C[C@](O)(C(F)(F)F)[C@@H](Nc2cccc3c(=O)[nH]ccc23)c2ccc(F)c(O)c21. The Bertz CT molecular complexity index is 1210. The molecule has 0 bridgehead atoms. The maximum Gasteiger partial charge on any atom is 0.419 e. The number of hydrogen-bond donors (Lipinski definition) is 4. The summed E-state index contributed by atoms with van der Waals surface area (Å²) in [6.45, 7) is 1.61. The van der Waals surface area contributed by atoms with Gasteiger partial charge < -0.3 is 20.5 Å². The van der Waals surface area contributed by atoms with Crippen molar-refractivity contribution >= 4 is 16.5 Å². The molecule has 0 radical (unpaired) electrons. The second-order valence-electron chi connectivity index (χ2n) is 7.78.